The number of anilines is 2. The average Bonchev–Trinajstić information content (AvgIpc) is 2.79. The van der Waals surface area contributed by atoms with E-state index in [2.05, 4.69) is 50.6 Å². The SMILES string of the molecule is NC(=O)CCc1ccc2cc(CCCCN=C(N)NC(=O)c3nc(Cl)c(N)nc3N)ccc2c1. The van der Waals surface area contributed by atoms with E-state index in [-0.39, 0.29) is 34.3 Å². The summed E-state index contributed by atoms with van der Waals surface area (Å²) in [6.45, 7) is 0.451. The maximum atomic E-state index is 12.2. The maximum Gasteiger partial charge on any atom is 0.280 e. The summed E-state index contributed by atoms with van der Waals surface area (Å²) in [5.74, 6) is -1.22. The van der Waals surface area contributed by atoms with Crippen molar-refractivity contribution in [2.45, 2.75) is 32.1 Å². The lowest BCUT2D eigenvalue weighted by Gasteiger charge is -2.07. The highest BCUT2D eigenvalue weighted by atomic mass is 35.5. The molecule has 34 heavy (non-hydrogen) atoms. The Morgan fingerprint density at radius 1 is 0.912 bits per heavy atom. The summed E-state index contributed by atoms with van der Waals surface area (Å²) < 4.78 is 0. The van der Waals surface area contributed by atoms with Crippen LogP contribution in [0.5, 0.6) is 0 Å². The summed E-state index contributed by atoms with van der Waals surface area (Å²) in [4.78, 5) is 35.0. The number of nitrogens with one attached hydrogen (secondary N) is 1. The number of amides is 2. The van der Waals surface area contributed by atoms with Gasteiger partial charge in [-0.1, -0.05) is 48.0 Å². The number of aryl methyl sites for hydroxylation is 2. The van der Waals surface area contributed by atoms with Gasteiger partial charge >= 0.3 is 0 Å². The van der Waals surface area contributed by atoms with E-state index in [1.807, 2.05) is 6.07 Å². The van der Waals surface area contributed by atoms with Crippen molar-refractivity contribution < 1.29 is 9.59 Å². The van der Waals surface area contributed by atoms with Crippen molar-refractivity contribution in [1.82, 2.24) is 15.3 Å². The van der Waals surface area contributed by atoms with Gasteiger partial charge in [0.05, 0.1) is 0 Å². The van der Waals surface area contributed by atoms with Crippen molar-refractivity contribution in [3.63, 3.8) is 0 Å². The fourth-order valence-electron chi connectivity index (χ4n) is 3.39. The minimum atomic E-state index is -0.665. The van der Waals surface area contributed by atoms with E-state index in [1.165, 1.54) is 5.56 Å². The Balaban J connectivity index is 1.47. The van der Waals surface area contributed by atoms with E-state index in [0.29, 0.717) is 19.4 Å². The predicted molar refractivity (Wildman–Crippen MR) is 134 cm³/mol. The molecular formula is C23H27ClN8O2. The number of hydrogen-bond donors (Lipinski definition) is 5. The topological polar surface area (TPSA) is 188 Å². The number of carbonyl (C=O) groups is 2. The smallest absolute Gasteiger partial charge is 0.280 e. The molecule has 1 heterocycles. The zero-order valence-corrected chi connectivity index (χ0v) is 19.3. The second-order valence-corrected chi connectivity index (χ2v) is 8.15. The fourth-order valence-corrected chi connectivity index (χ4v) is 3.51. The van der Waals surface area contributed by atoms with E-state index in [9.17, 15) is 9.59 Å². The molecule has 9 N–H and O–H groups in total. The molecule has 3 aromatic rings. The first kappa shape index (κ1) is 24.7. The first-order valence-corrected chi connectivity index (χ1v) is 11.1. The molecule has 0 spiro atoms. The number of primary amides is 1. The minimum Gasteiger partial charge on any atom is -0.382 e. The monoisotopic (exact) mass is 482 g/mol. The third-order valence-electron chi connectivity index (χ3n) is 5.15. The van der Waals surface area contributed by atoms with Gasteiger partial charge < -0.3 is 22.9 Å². The van der Waals surface area contributed by atoms with Crippen LogP contribution in [0.1, 0.15) is 40.9 Å². The number of nitrogens with two attached hydrogens (primary N) is 4. The number of aromatic nitrogens is 2. The summed E-state index contributed by atoms with van der Waals surface area (Å²) in [5.41, 5.74) is 24.3. The van der Waals surface area contributed by atoms with Gasteiger partial charge in [0.2, 0.25) is 5.91 Å². The lowest BCUT2D eigenvalue weighted by Crippen LogP contribution is -2.38. The molecule has 1 aromatic heterocycles. The molecule has 0 saturated heterocycles. The van der Waals surface area contributed by atoms with Crippen molar-refractivity contribution in [3.8, 4) is 0 Å². The molecule has 0 aliphatic heterocycles. The van der Waals surface area contributed by atoms with Gasteiger partial charge in [0.15, 0.2) is 28.4 Å². The van der Waals surface area contributed by atoms with Crippen LogP contribution in [-0.4, -0.2) is 34.3 Å². The number of hydrogen-bond acceptors (Lipinski definition) is 7. The van der Waals surface area contributed by atoms with Crippen LogP contribution in [0.15, 0.2) is 41.4 Å². The molecule has 0 unspecified atom stereocenters. The fraction of sp³-hybridized carbons (Fsp3) is 0.261. The number of benzene rings is 2. The molecule has 11 heteroatoms. The van der Waals surface area contributed by atoms with E-state index in [4.69, 9.17) is 34.5 Å². The third kappa shape index (κ3) is 6.79. The lowest BCUT2D eigenvalue weighted by atomic mass is 10.00. The van der Waals surface area contributed by atoms with Crippen LogP contribution in [-0.2, 0) is 17.6 Å². The van der Waals surface area contributed by atoms with E-state index >= 15 is 0 Å². The summed E-state index contributed by atoms with van der Waals surface area (Å²) in [6, 6.07) is 12.5. The molecule has 0 atom stereocenters. The molecule has 2 aromatic carbocycles. The Morgan fingerprint density at radius 2 is 1.56 bits per heavy atom. The third-order valence-corrected chi connectivity index (χ3v) is 5.42. The Morgan fingerprint density at radius 3 is 2.21 bits per heavy atom. The highest BCUT2D eigenvalue weighted by molar-refractivity contribution is 6.31. The highest BCUT2D eigenvalue weighted by Gasteiger charge is 2.16. The van der Waals surface area contributed by atoms with Crippen molar-refractivity contribution in [2.75, 3.05) is 18.0 Å². The Kier molecular flexibility index (Phi) is 8.20. The quantitative estimate of drug-likeness (QED) is 0.175. The average molecular weight is 483 g/mol. The molecule has 3 rings (SSSR count). The predicted octanol–water partition coefficient (Wildman–Crippen LogP) is 1.93. The molecule has 178 valence electrons. The number of unbranched alkanes of at least 4 members (excludes halogenated alkanes) is 1. The standard InChI is InChI=1S/C23H27ClN8O2/c24-19-21(27)31-20(26)18(30-19)22(34)32-23(28)29-10-2-1-3-13-4-7-16-12-14(6-9-17(25)33)5-8-15(16)11-13/h4-5,7-8,11-12H,1-3,6,9-10H2,(H2,25,33)(H4,26,27,31)(H3,28,29,32,34). The molecular weight excluding hydrogens is 456 g/mol. The Labute approximate surface area is 201 Å². The molecule has 0 fully saturated rings. The van der Waals surface area contributed by atoms with Gasteiger partial charge in [0, 0.05) is 13.0 Å². The largest absolute Gasteiger partial charge is 0.382 e. The lowest BCUT2D eigenvalue weighted by molar-refractivity contribution is -0.117. The number of rotatable bonds is 9. The Hall–Kier alpha value is -3.92. The van der Waals surface area contributed by atoms with Crippen molar-refractivity contribution in [1.29, 1.82) is 0 Å². The molecule has 0 aliphatic carbocycles. The van der Waals surface area contributed by atoms with Crippen LogP contribution >= 0.6 is 11.6 Å². The number of halogens is 1. The van der Waals surface area contributed by atoms with Gasteiger partial charge in [-0.25, -0.2) is 9.97 Å². The molecule has 2 amide bonds. The van der Waals surface area contributed by atoms with E-state index in [0.717, 1.165) is 35.6 Å². The summed E-state index contributed by atoms with van der Waals surface area (Å²) >= 11 is 5.79. The first-order chi connectivity index (χ1) is 16.2. The Bertz CT molecular complexity index is 1250. The molecule has 0 radical (unpaired) electrons. The minimum absolute atomic E-state index is 0.0445. The van der Waals surface area contributed by atoms with Crippen LogP contribution in [0, 0.1) is 0 Å². The van der Waals surface area contributed by atoms with Crippen LogP contribution in [0.3, 0.4) is 0 Å². The normalized spacial score (nSPS) is 11.5. The first-order valence-electron chi connectivity index (χ1n) is 10.7. The van der Waals surface area contributed by atoms with Crippen LogP contribution < -0.4 is 28.3 Å². The van der Waals surface area contributed by atoms with Gasteiger partial charge in [-0.3, -0.25) is 19.9 Å². The highest BCUT2D eigenvalue weighted by Crippen LogP contribution is 2.20. The number of nitrogens with zero attached hydrogens (tertiary/aromatic N) is 3. The van der Waals surface area contributed by atoms with Crippen molar-refractivity contribution >= 4 is 51.8 Å². The maximum absolute atomic E-state index is 12.2. The number of aliphatic imine (C=N–C) groups is 1. The zero-order valence-electron chi connectivity index (χ0n) is 18.6. The van der Waals surface area contributed by atoms with Crippen molar-refractivity contribution in [2.24, 2.45) is 16.5 Å². The summed E-state index contributed by atoms with van der Waals surface area (Å²) in [5, 5.41) is 4.57. The molecule has 0 saturated carbocycles. The van der Waals surface area contributed by atoms with Gasteiger partial charge in [-0.05, 0) is 47.6 Å². The van der Waals surface area contributed by atoms with Crippen LogP contribution in [0.25, 0.3) is 10.8 Å². The van der Waals surface area contributed by atoms with E-state index in [1.54, 1.807) is 0 Å². The van der Waals surface area contributed by atoms with Gasteiger partial charge in [-0.2, -0.15) is 0 Å². The van der Waals surface area contributed by atoms with Crippen LogP contribution in [0.4, 0.5) is 11.6 Å². The van der Waals surface area contributed by atoms with Crippen molar-refractivity contribution in [3.05, 3.63) is 58.4 Å². The van der Waals surface area contributed by atoms with Gasteiger partial charge in [-0.15, -0.1) is 0 Å². The van der Waals surface area contributed by atoms with E-state index < -0.39 is 5.91 Å². The van der Waals surface area contributed by atoms with Gasteiger partial charge in [0.1, 0.15) is 0 Å². The van der Waals surface area contributed by atoms with Gasteiger partial charge in [0.25, 0.3) is 5.91 Å². The number of fused-ring (bicyclic) bond motifs is 1. The summed E-state index contributed by atoms with van der Waals surface area (Å²) in [7, 11) is 0. The number of carbonyl (C=O) groups excluding carboxylic acids is 2. The summed E-state index contributed by atoms with van der Waals surface area (Å²) in [6.07, 6.45) is 3.57. The molecule has 10 nitrogen and oxygen atoms in total. The second kappa shape index (κ2) is 11.3. The second-order valence-electron chi connectivity index (χ2n) is 7.79. The number of nitrogen functional groups attached to an aromatic ring is 2. The number of guanidine groups is 1. The molecule has 0 bridgehead atoms. The van der Waals surface area contributed by atoms with Crippen LogP contribution in [0.2, 0.25) is 5.15 Å². The molecule has 0 aliphatic rings. The zero-order chi connectivity index (χ0) is 24.7.